The fourth-order valence-corrected chi connectivity index (χ4v) is 3.50. The van der Waals surface area contributed by atoms with E-state index in [2.05, 4.69) is 22.0 Å². The van der Waals surface area contributed by atoms with Crippen molar-refractivity contribution in [2.24, 2.45) is 0 Å². The number of rotatable bonds is 7. The van der Waals surface area contributed by atoms with Gasteiger partial charge in [0.1, 0.15) is 0 Å². The molecule has 2 saturated heterocycles. The Morgan fingerprint density at radius 3 is 2.89 bits per heavy atom. The first kappa shape index (κ1) is 15.2. The Morgan fingerprint density at radius 1 is 1.26 bits per heavy atom. The van der Waals surface area contributed by atoms with Crippen LogP contribution < -0.4 is 5.32 Å². The summed E-state index contributed by atoms with van der Waals surface area (Å²) in [6.45, 7) is 10.3. The summed E-state index contributed by atoms with van der Waals surface area (Å²) >= 11 is 0. The van der Waals surface area contributed by atoms with E-state index < -0.39 is 0 Å². The SMILES string of the molecule is CCCNCC(COC)N1CCCN2CCCC2C1. The molecule has 0 aliphatic carbocycles. The highest BCUT2D eigenvalue weighted by Crippen LogP contribution is 2.22. The van der Waals surface area contributed by atoms with E-state index in [4.69, 9.17) is 4.74 Å². The third-order valence-corrected chi connectivity index (χ3v) is 4.52. The molecule has 0 saturated carbocycles. The van der Waals surface area contributed by atoms with E-state index in [0.29, 0.717) is 6.04 Å². The zero-order valence-corrected chi connectivity index (χ0v) is 12.7. The number of nitrogens with one attached hydrogen (secondary N) is 1. The van der Waals surface area contributed by atoms with Gasteiger partial charge in [-0.25, -0.2) is 0 Å². The average Bonchev–Trinajstić information content (AvgIpc) is 2.75. The van der Waals surface area contributed by atoms with E-state index in [0.717, 1.165) is 25.7 Å². The Kier molecular flexibility index (Phi) is 6.57. The molecule has 0 aromatic rings. The molecule has 2 fully saturated rings. The lowest BCUT2D eigenvalue weighted by atomic mass is 10.1. The molecule has 2 rings (SSSR count). The molecule has 4 nitrogen and oxygen atoms in total. The van der Waals surface area contributed by atoms with Crippen LogP contribution >= 0.6 is 0 Å². The molecule has 2 atom stereocenters. The van der Waals surface area contributed by atoms with Gasteiger partial charge in [-0.1, -0.05) is 6.92 Å². The Balaban J connectivity index is 1.87. The summed E-state index contributed by atoms with van der Waals surface area (Å²) in [5.41, 5.74) is 0. The van der Waals surface area contributed by atoms with Crippen LogP contribution in [-0.2, 0) is 4.74 Å². The van der Waals surface area contributed by atoms with Gasteiger partial charge in [0.15, 0.2) is 0 Å². The summed E-state index contributed by atoms with van der Waals surface area (Å²) in [6, 6.07) is 1.34. The minimum Gasteiger partial charge on any atom is -0.383 e. The fraction of sp³-hybridized carbons (Fsp3) is 1.00. The van der Waals surface area contributed by atoms with E-state index in [-0.39, 0.29) is 0 Å². The molecule has 0 spiro atoms. The lowest BCUT2D eigenvalue weighted by Gasteiger charge is -2.32. The van der Waals surface area contributed by atoms with Crippen molar-refractivity contribution in [1.29, 1.82) is 0 Å². The summed E-state index contributed by atoms with van der Waals surface area (Å²) in [5, 5.41) is 3.56. The molecule has 0 amide bonds. The summed E-state index contributed by atoms with van der Waals surface area (Å²) < 4.78 is 5.44. The smallest absolute Gasteiger partial charge is 0.0630 e. The molecule has 0 aromatic carbocycles. The van der Waals surface area contributed by atoms with Crippen LogP contribution in [0.4, 0.5) is 0 Å². The van der Waals surface area contributed by atoms with Crippen LogP contribution in [0.15, 0.2) is 0 Å². The molecule has 1 N–H and O–H groups in total. The molecule has 2 heterocycles. The minimum atomic E-state index is 0.539. The number of hydrogen-bond donors (Lipinski definition) is 1. The third-order valence-electron chi connectivity index (χ3n) is 4.52. The lowest BCUT2D eigenvalue weighted by Crippen LogP contribution is -2.48. The molecule has 2 aliphatic heterocycles. The fourth-order valence-electron chi connectivity index (χ4n) is 3.50. The largest absolute Gasteiger partial charge is 0.383 e. The van der Waals surface area contributed by atoms with Crippen molar-refractivity contribution in [3.05, 3.63) is 0 Å². The molecule has 0 radical (unpaired) electrons. The maximum absolute atomic E-state index is 5.44. The Labute approximate surface area is 118 Å². The summed E-state index contributed by atoms with van der Waals surface area (Å²) in [4.78, 5) is 5.37. The van der Waals surface area contributed by atoms with E-state index >= 15 is 0 Å². The monoisotopic (exact) mass is 269 g/mol. The maximum atomic E-state index is 5.44. The first-order chi connectivity index (χ1) is 9.35. The van der Waals surface area contributed by atoms with Crippen molar-refractivity contribution in [2.75, 3.05) is 53.0 Å². The van der Waals surface area contributed by atoms with E-state index in [9.17, 15) is 0 Å². The van der Waals surface area contributed by atoms with Crippen molar-refractivity contribution in [1.82, 2.24) is 15.1 Å². The van der Waals surface area contributed by atoms with Gasteiger partial charge >= 0.3 is 0 Å². The van der Waals surface area contributed by atoms with Crippen LogP contribution in [0.1, 0.15) is 32.6 Å². The molecule has 0 bridgehead atoms. The van der Waals surface area contributed by atoms with Crippen LogP contribution in [-0.4, -0.2) is 74.9 Å². The number of nitrogens with zero attached hydrogens (tertiary/aromatic N) is 2. The number of fused-ring (bicyclic) bond motifs is 1. The molecule has 19 heavy (non-hydrogen) atoms. The molecule has 0 aromatic heterocycles. The molecular formula is C15H31N3O. The zero-order valence-electron chi connectivity index (χ0n) is 12.7. The third kappa shape index (κ3) is 4.42. The summed E-state index contributed by atoms with van der Waals surface area (Å²) in [6.07, 6.45) is 5.29. The van der Waals surface area contributed by atoms with Crippen molar-refractivity contribution in [3.63, 3.8) is 0 Å². The van der Waals surface area contributed by atoms with Crippen LogP contribution in [0.3, 0.4) is 0 Å². The molecule has 2 aliphatic rings. The molecule has 4 heteroatoms. The van der Waals surface area contributed by atoms with Gasteiger partial charge in [-0.05, 0) is 51.9 Å². The number of ether oxygens (including phenoxy) is 1. The van der Waals surface area contributed by atoms with Gasteiger partial charge in [-0.3, -0.25) is 9.80 Å². The maximum Gasteiger partial charge on any atom is 0.0630 e. The highest BCUT2D eigenvalue weighted by Gasteiger charge is 2.31. The first-order valence-electron chi connectivity index (χ1n) is 8.03. The standard InChI is InChI=1S/C15H31N3O/c1-3-7-16-11-15(13-19-2)18-10-5-9-17-8-4-6-14(17)12-18/h14-16H,3-13H2,1-2H3. The Morgan fingerprint density at radius 2 is 2.11 bits per heavy atom. The Bertz CT molecular complexity index is 250. The van der Waals surface area contributed by atoms with Gasteiger partial charge in [-0.15, -0.1) is 0 Å². The van der Waals surface area contributed by atoms with Crippen molar-refractivity contribution in [2.45, 2.75) is 44.7 Å². The van der Waals surface area contributed by atoms with Gasteiger partial charge < -0.3 is 10.1 Å². The second kappa shape index (κ2) is 8.20. The van der Waals surface area contributed by atoms with Crippen LogP contribution in [0.5, 0.6) is 0 Å². The highest BCUT2D eigenvalue weighted by molar-refractivity contribution is 4.87. The van der Waals surface area contributed by atoms with Gasteiger partial charge in [0.25, 0.3) is 0 Å². The summed E-state index contributed by atoms with van der Waals surface area (Å²) in [7, 11) is 1.83. The number of methoxy groups -OCH3 is 1. The number of hydrogen-bond acceptors (Lipinski definition) is 4. The van der Waals surface area contributed by atoms with Crippen LogP contribution in [0.2, 0.25) is 0 Å². The van der Waals surface area contributed by atoms with E-state index in [1.54, 1.807) is 0 Å². The van der Waals surface area contributed by atoms with Crippen LogP contribution in [0, 0.1) is 0 Å². The normalized spacial score (nSPS) is 27.2. The van der Waals surface area contributed by atoms with E-state index in [1.807, 2.05) is 7.11 Å². The predicted octanol–water partition coefficient (Wildman–Crippen LogP) is 1.17. The van der Waals surface area contributed by atoms with E-state index in [1.165, 1.54) is 51.9 Å². The van der Waals surface area contributed by atoms with Crippen LogP contribution in [0.25, 0.3) is 0 Å². The van der Waals surface area contributed by atoms with Crippen molar-refractivity contribution >= 4 is 0 Å². The predicted molar refractivity (Wildman–Crippen MR) is 79.6 cm³/mol. The molecular weight excluding hydrogens is 238 g/mol. The average molecular weight is 269 g/mol. The van der Waals surface area contributed by atoms with Gasteiger partial charge in [0.2, 0.25) is 0 Å². The second-order valence-corrected chi connectivity index (χ2v) is 5.99. The minimum absolute atomic E-state index is 0.539. The second-order valence-electron chi connectivity index (χ2n) is 5.99. The molecule has 112 valence electrons. The lowest BCUT2D eigenvalue weighted by molar-refractivity contribution is 0.0839. The van der Waals surface area contributed by atoms with Crippen molar-refractivity contribution in [3.8, 4) is 0 Å². The van der Waals surface area contributed by atoms with Crippen molar-refractivity contribution < 1.29 is 4.74 Å². The Hall–Kier alpha value is -0.160. The zero-order chi connectivity index (χ0) is 13.5. The van der Waals surface area contributed by atoms with Gasteiger partial charge in [0, 0.05) is 32.3 Å². The quantitative estimate of drug-likeness (QED) is 0.702. The topological polar surface area (TPSA) is 27.7 Å². The van der Waals surface area contributed by atoms with Gasteiger partial charge in [-0.2, -0.15) is 0 Å². The van der Waals surface area contributed by atoms with Gasteiger partial charge in [0.05, 0.1) is 6.61 Å². The highest BCUT2D eigenvalue weighted by atomic mass is 16.5. The summed E-state index contributed by atoms with van der Waals surface area (Å²) in [5.74, 6) is 0. The first-order valence-corrected chi connectivity index (χ1v) is 8.03. The molecule has 2 unspecified atom stereocenters.